The average Bonchev–Trinajstić information content (AvgIpc) is 2.58. The molecule has 2 rings (SSSR count). The van der Waals surface area contributed by atoms with E-state index in [0.29, 0.717) is 25.6 Å². The molecule has 2 aromatic carbocycles. The molecule has 0 fully saturated rings. The SMILES string of the molecule is CC(C)c1ccccc1OCCNC(=O)NCc1ccccc1. The molecule has 2 N–H and O–H groups in total. The normalized spacial score (nSPS) is 10.4. The molecule has 0 aliphatic heterocycles. The second-order valence-electron chi connectivity index (χ2n) is 5.64. The quantitative estimate of drug-likeness (QED) is 0.766. The number of amides is 2. The van der Waals surface area contributed by atoms with E-state index in [1.807, 2.05) is 48.5 Å². The van der Waals surface area contributed by atoms with Gasteiger partial charge in [-0.05, 0) is 23.1 Å². The first kappa shape index (κ1) is 16.9. The molecule has 0 saturated heterocycles. The van der Waals surface area contributed by atoms with Crippen molar-refractivity contribution in [3.05, 3.63) is 65.7 Å². The van der Waals surface area contributed by atoms with E-state index in [2.05, 4.69) is 30.5 Å². The Morgan fingerprint density at radius 1 is 1.00 bits per heavy atom. The van der Waals surface area contributed by atoms with Crippen LogP contribution in [0.1, 0.15) is 30.9 Å². The highest BCUT2D eigenvalue weighted by atomic mass is 16.5. The zero-order valence-corrected chi connectivity index (χ0v) is 13.7. The van der Waals surface area contributed by atoms with Gasteiger partial charge in [-0.1, -0.05) is 62.4 Å². The molecule has 0 spiro atoms. The lowest BCUT2D eigenvalue weighted by Gasteiger charge is -2.14. The molecule has 122 valence electrons. The molecule has 0 unspecified atom stereocenters. The van der Waals surface area contributed by atoms with Crippen molar-refractivity contribution < 1.29 is 9.53 Å². The molecule has 0 atom stereocenters. The van der Waals surface area contributed by atoms with Gasteiger partial charge in [0.2, 0.25) is 0 Å². The molecule has 23 heavy (non-hydrogen) atoms. The van der Waals surface area contributed by atoms with Crippen LogP contribution >= 0.6 is 0 Å². The van der Waals surface area contributed by atoms with Crippen molar-refractivity contribution in [1.82, 2.24) is 10.6 Å². The Morgan fingerprint density at radius 2 is 1.70 bits per heavy atom. The molecule has 0 saturated carbocycles. The van der Waals surface area contributed by atoms with E-state index in [1.54, 1.807) is 0 Å². The smallest absolute Gasteiger partial charge is 0.315 e. The Balaban J connectivity index is 1.68. The summed E-state index contributed by atoms with van der Waals surface area (Å²) in [5.74, 6) is 1.29. The van der Waals surface area contributed by atoms with Crippen LogP contribution in [0.25, 0.3) is 0 Å². The maximum atomic E-state index is 11.7. The lowest BCUT2D eigenvalue weighted by atomic mass is 10.0. The second-order valence-corrected chi connectivity index (χ2v) is 5.64. The largest absolute Gasteiger partial charge is 0.491 e. The van der Waals surface area contributed by atoms with Gasteiger partial charge in [0, 0.05) is 6.54 Å². The van der Waals surface area contributed by atoms with Crippen molar-refractivity contribution in [3.63, 3.8) is 0 Å². The number of carbonyl (C=O) groups is 1. The van der Waals surface area contributed by atoms with Gasteiger partial charge in [-0.3, -0.25) is 0 Å². The number of hydrogen-bond acceptors (Lipinski definition) is 2. The summed E-state index contributed by atoms with van der Waals surface area (Å²) in [5.41, 5.74) is 2.26. The number of nitrogens with one attached hydrogen (secondary N) is 2. The molecule has 4 heteroatoms. The van der Waals surface area contributed by atoms with E-state index in [4.69, 9.17) is 4.74 Å². The van der Waals surface area contributed by atoms with Gasteiger partial charge in [-0.2, -0.15) is 0 Å². The third kappa shape index (κ3) is 5.66. The predicted molar refractivity (Wildman–Crippen MR) is 92.7 cm³/mol. The number of para-hydroxylation sites is 1. The lowest BCUT2D eigenvalue weighted by Crippen LogP contribution is -2.37. The summed E-state index contributed by atoms with van der Waals surface area (Å²) in [6.45, 7) is 5.70. The summed E-state index contributed by atoms with van der Waals surface area (Å²) in [7, 11) is 0. The number of ether oxygens (including phenoxy) is 1. The van der Waals surface area contributed by atoms with Crippen molar-refractivity contribution in [1.29, 1.82) is 0 Å². The van der Waals surface area contributed by atoms with Gasteiger partial charge in [-0.15, -0.1) is 0 Å². The summed E-state index contributed by atoms with van der Waals surface area (Å²) >= 11 is 0. The molecular weight excluding hydrogens is 288 g/mol. The number of carbonyl (C=O) groups excluding carboxylic acids is 1. The first-order valence-corrected chi connectivity index (χ1v) is 7.94. The van der Waals surface area contributed by atoms with E-state index in [1.165, 1.54) is 5.56 Å². The van der Waals surface area contributed by atoms with Gasteiger partial charge in [0.05, 0.1) is 6.54 Å². The summed E-state index contributed by atoms with van der Waals surface area (Å²) in [4.78, 5) is 11.7. The molecule has 2 aromatic rings. The van der Waals surface area contributed by atoms with Crippen LogP contribution in [0.3, 0.4) is 0 Å². The van der Waals surface area contributed by atoms with Crippen molar-refractivity contribution >= 4 is 6.03 Å². The number of benzene rings is 2. The van der Waals surface area contributed by atoms with E-state index in [0.717, 1.165) is 11.3 Å². The molecule has 0 aromatic heterocycles. The van der Waals surface area contributed by atoms with Gasteiger partial charge in [0.1, 0.15) is 12.4 Å². The topological polar surface area (TPSA) is 50.4 Å². The minimum Gasteiger partial charge on any atom is -0.491 e. The highest BCUT2D eigenvalue weighted by Gasteiger charge is 2.06. The Bertz CT molecular complexity index is 612. The maximum absolute atomic E-state index is 11.7. The molecule has 2 amide bonds. The van der Waals surface area contributed by atoms with E-state index in [-0.39, 0.29) is 6.03 Å². The summed E-state index contributed by atoms with van der Waals surface area (Å²) in [6.07, 6.45) is 0. The van der Waals surface area contributed by atoms with E-state index >= 15 is 0 Å². The van der Waals surface area contributed by atoms with Gasteiger partial charge in [0.25, 0.3) is 0 Å². The Hall–Kier alpha value is -2.49. The molecular formula is C19H24N2O2. The fraction of sp³-hybridized carbons (Fsp3) is 0.316. The van der Waals surface area contributed by atoms with Crippen LogP contribution in [0.4, 0.5) is 4.79 Å². The van der Waals surface area contributed by atoms with Gasteiger partial charge >= 0.3 is 6.03 Å². The number of rotatable bonds is 7. The van der Waals surface area contributed by atoms with E-state index < -0.39 is 0 Å². The number of urea groups is 1. The van der Waals surface area contributed by atoms with Crippen molar-refractivity contribution in [2.24, 2.45) is 0 Å². The average molecular weight is 312 g/mol. The monoisotopic (exact) mass is 312 g/mol. The van der Waals surface area contributed by atoms with E-state index in [9.17, 15) is 4.79 Å². The Morgan fingerprint density at radius 3 is 2.43 bits per heavy atom. The molecule has 0 bridgehead atoms. The molecule has 0 aliphatic rings. The minimum absolute atomic E-state index is 0.186. The van der Waals surface area contributed by atoms with Crippen LogP contribution in [-0.4, -0.2) is 19.2 Å². The van der Waals surface area contributed by atoms with Gasteiger partial charge in [0.15, 0.2) is 0 Å². The maximum Gasteiger partial charge on any atom is 0.315 e. The first-order chi connectivity index (χ1) is 11.2. The fourth-order valence-corrected chi connectivity index (χ4v) is 2.26. The third-order valence-corrected chi connectivity index (χ3v) is 3.48. The zero-order valence-electron chi connectivity index (χ0n) is 13.7. The van der Waals surface area contributed by atoms with Crippen LogP contribution in [0.15, 0.2) is 54.6 Å². The zero-order chi connectivity index (χ0) is 16.5. The summed E-state index contributed by atoms with van der Waals surface area (Å²) in [5, 5.41) is 5.62. The lowest BCUT2D eigenvalue weighted by molar-refractivity contribution is 0.236. The molecule has 0 radical (unpaired) electrons. The summed E-state index contributed by atoms with van der Waals surface area (Å²) < 4.78 is 5.77. The summed E-state index contributed by atoms with van der Waals surface area (Å²) in [6, 6.07) is 17.6. The van der Waals surface area contributed by atoms with Crippen LogP contribution < -0.4 is 15.4 Å². The Kier molecular flexibility index (Phi) is 6.48. The standard InChI is InChI=1S/C19H24N2O2/c1-15(2)17-10-6-7-11-18(17)23-13-12-20-19(22)21-14-16-8-4-3-5-9-16/h3-11,15H,12-14H2,1-2H3,(H2,20,21,22). The van der Waals surface area contributed by atoms with Crippen molar-refractivity contribution in [2.75, 3.05) is 13.2 Å². The Labute approximate surface area is 137 Å². The van der Waals surface area contributed by atoms with Gasteiger partial charge < -0.3 is 15.4 Å². The molecule has 0 heterocycles. The molecule has 0 aliphatic carbocycles. The van der Waals surface area contributed by atoms with Crippen LogP contribution in [0.2, 0.25) is 0 Å². The minimum atomic E-state index is -0.186. The van der Waals surface area contributed by atoms with Crippen LogP contribution in [0, 0.1) is 0 Å². The second kappa shape index (κ2) is 8.83. The van der Waals surface area contributed by atoms with Crippen molar-refractivity contribution in [2.45, 2.75) is 26.3 Å². The highest BCUT2D eigenvalue weighted by Crippen LogP contribution is 2.25. The van der Waals surface area contributed by atoms with Crippen molar-refractivity contribution in [3.8, 4) is 5.75 Å². The molecule has 4 nitrogen and oxygen atoms in total. The van der Waals surface area contributed by atoms with Crippen LogP contribution in [0.5, 0.6) is 5.75 Å². The highest BCUT2D eigenvalue weighted by molar-refractivity contribution is 5.73. The first-order valence-electron chi connectivity index (χ1n) is 7.94. The fourth-order valence-electron chi connectivity index (χ4n) is 2.26. The van der Waals surface area contributed by atoms with Gasteiger partial charge in [-0.25, -0.2) is 4.79 Å². The number of hydrogen-bond donors (Lipinski definition) is 2. The van der Waals surface area contributed by atoms with Crippen LogP contribution in [-0.2, 0) is 6.54 Å². The third-order valence-electron chi connectivity index (χ3n) is 3.48. The predicted octanol–water partition coefficient (Wildman–Crippen LogP) is 3.69.